The van der Waals surface area contributed by atoms with Crippen LogP contribution in [0.3, 0.4) is 0 Å². The van der Waals surface area contributed by atoms with Crippen molar-refractivity contribution in [3.8, 4) is 0 Å². The lowest BCUT2D eigenvalue weighted by molar-refractivity contribution is -0.126. The number of hydrogen-bond donors (Lipinski definition) is 2. The molecule has 2 aliphatic heterocycles. The van der Waals surface area contributed by atoms with Crippen molar-refractivity contribution >= 4 is 15.7 Å². The van der Waals surface area contributed by atoms with E-state index in [1.807, 2.05) is 0 Å². The molecule has 0 radical (unpaired) electrons. The van der Waals surface area contributed by atoms with Crippen LogP contribution < -0.4 is 10.6 Å². The zero-order valence-electron chi connectivity index (χ0n) is 12.8. The lowest BCUT2D eigenvalue weighted by Crippen LogP contribution is -2.50. The summed E-state index contributed by atoms with van der Waals surface area (Å²) in [5.41, 5.74) is 0. The lowest BCUT2D eigenvalue weighted by Gasteiger charge is -2.35. The maximum absolute atomic E-state index is 12.3. The molecular weight excluding hydrogens is 290 g/mol. The summed E-state index contributed by atoms with van der Waals surface area (Å²) < 4.78 is 22.1. The van der Waals surface area contributed by atoms with Gasteiger partial charge < -0.3 is 10.6 Å². The predicted octanol–water partition coefficient (Wildman–Crippen LogP) is -0.246. The summed E-state index contributed by atoms with van der Waals surface area (Å²) in [6.45, 7) is 3.52. The fraction of sp³-hybridized carbons (Fsp3) is 0.929. The van der Waals surface area contributed by atoms with E-state index in [-0.39, 0.29) is 17.7 Å². The molecule has 2 rings (SSSR count). The summed E-state index contributed by atoms with van der Waals surface area (Å²) in [7, 11) is -2.94. The number of hydrogen-bond acceptors (Lipinski definition) is 5. The zero-order chi connectivity index (χ0) is 15.3. The molecule has 2 aliphatic rings. The molecule has 2 fully saturated rings. The van der Waals surface area contributed by atoms with Crippen LogP contribution in [0.15, 0.2) is 0 Å². The number of amides is 1. The minimum absolute atomic E-state index is 0.0219. The highest BCUT2D eigenvalue weighted by Crippen LogP contribution is 2.24. The largest absolute Gasteiger partial charge is 0.355 e. The lowest BCUT2D eigenvalue weighted by atomic mass is 10.0. The molecule has 7 heteroatoms. The third-order valence-corrected chi connectivity index (χ3v) is 5.40. The highest BCUT2D eigenvalue weighted by molar-refractivity contribution is 7.90. The maximum Gasteiger partial charge on any atom is 0.237 e. The number of carbonyl (C=O) groups is 1. The van der Waals surface area contributed by atoms with Crippen molar-refractivity contribution < 1.29 is 13.2 Å². The molecular formula is C14H27N3O3S. The minimum atomic E-state index is -2.94. The SMILES string of the molecule is CS(=O)(=O)CCCNC(=O)C1CCCN1C1CCNCC1. The Hall–Kier alpha value is -0.660. The van der Waals surface area contributed by atoms with Crippen molar-refractivity contribution in [2.75, 3.05) is 38.2 Å². The second-order valence-corrected chi connectivity index (χ2v) is 8.41. The van der Waals surface area contributed by atoms with E-state index in [9.17, 15) is 13.2 Å². The molecule has 21 heavy (non-hydrogen) atoms. The van der Waals surface area contributed by atoms with Gasteiger partial charge in [-0.05, 0) is 51.7 Å². The van der Waals surface area contributed by atoms with E-state index in [2.05, 4.69) is 15.5 Å². The molecule has 2 heterocycles. The average Bonchev–Trinajstić information content (AvgIpc) is 2.93. The van der Waals surface area contributed by atoms with Crippen LogP contribution >= 0.6 is 0 Å². The van der Waals surface area contributed by atoms with Crippen LogP contribution in [0.4, 0.5) is 0 Å². The van der Waals surface area contributed by atoms with Gasteiger partial charge in [-0.15, -0.1) is 0 Å². The first-order valence-electron chi connectivity index (χ1n) is 7.89. The molecule has 0 aromatic heterocycles. The summed E-state index contributed by atoms with van der Waals surface area (Å²) >= 11 is 0. The predicted molar refractivity (Wildman–Crippen MR) is 83.0 cm³/mol. The van der Waals surface area contributed by atoms with Crippen molar-refractivity contribution in [3.05, 3.63) is 0 Å². The van der Waals surface area contributed by atoms with Crippen molar-refractivity contribution in [2.45, 2.75) is 44.2 Å². The van der Waals surface area contributed by atoms with Gasteiger partial charge in [0.2, 0.25) is 5.91 Å². The Morgan fingerprint density at radius 1 is 1.29 bits per heavy atom. The summed E-state index contributed by atoms with van der Waals surface area (Å²) in [5.74, 6) is 0.204. The van der Waals surface area contributed by atoms with Gasteiger partial charge >= 0.3 is 0 Å². The van der Waals surface area contributed by atoms with Gasteiger partial charge in [0.05, 0.1) is 11.8 Å². The molecule has 0 spiro atoms. The summed E-state index contributed by atoms with van der Waals surface area (Å²) in [5, 5.41) is 6.26. The smallest absolute Gasteiger partial charge is 0.237 e. The molecule has 1 atom stereocenters. The molecule has 0 aromatic carbocycles. The van der Waals surface area contributed by atoms with Crippen LogP contribution in [0.2, 0.25) is 0 Å². The van der Waals surface area contributed by atoms with Gasteiger partial charge in [0.25, 0.3) is 0 Å². The monoisotopic (exact) mass is 317 g/mol. The number of rotatable bonds is 6. The number of carbonyl (C=O) groups excluding carboxylic acids is 1. The van der Waals surface area contributed by atoms with Crippen molar-refractivity contribution in [3.63, 3.8) is 0 Å². The van der Waals surface area contributed by atoms with Gasteiger partial charge in [0.15, 0.2) is 0 Å². The Morgan fingerprint density at radius 3 is 2.67 bits per heavy atom. The summed E-state index contributed by atoms with van der Waals surface area (Å²) in [4.78, 5) is 14.7. The van der Waals surface area contributed by atoms with Crippen LogP contribution in [0, 0.1) is 0 Å². The first kappa shape index (κ1) is 16.7. The number of likely N-dealkylation sites (tertiary alicyclic amines) is 1. The molecule has 2 N–H and O–H groups in total. The molecule has 0 bridgehead atoms. The fourth-order valence-corrected chi connectivity index (χ4v) is 3.98. The van der Waals surface area contributed by atoms with Gasteiger partial charge in [-0.25, -0.2) is 8.42 Å². The third kappa shape index (κ3) is 5.23. The van der Waals surface area contributed by atoms with E-state index in [1.165, 1.54) is 6.26 Å². The van der Waals surface area contributed by atoms with E-state index in [1.54, 1.807) is 0 Å². The van der Waals surface area contributed by atoms with Crippen LogP contribution in [0.1, 0.15) is 32.1 Å². The van der Waals surface area contributed by atoms with Crippen molar-refractivity contribution in [2.24, 2.45) is 0 Å². The van der Waals surface area contributed by atoms with Crippen LogP contribution in [0.5, 0.6) is 0 Å². The average molecular weight is 317 g/mol. The van der Waals surface area contributed by atoms with Crippen LogP contribution in [0.25, 0.3) is 0 Å². The molecule has 0 aromatic rings. The van der Waals surface area contributed by atoms with Crippen molar-refractivity contribution in [1.29, 1.82) is 0 Å². The second kappa shape index (κ2) is 7.56. The molecule has 6 nitrogen and oxygen atoms in total. The van der Waals surface area contributed by atoms with E-state index in [0.717, 1.165) is 45.3 Å². The Bertz CT molecular complexity index is 446. The second-order valence-electron chi connectivity index (χ2n) is 6.15. The Labute approximate surface area is 127 Å². The Morgan fingerprint density at radius 2 is 2.00 bits per heavy atom. The number of nitrogens with zero attached hydrogens (tertiary/aromatic N) is 1. The number of nitrogens with one attached hydrogen (secondary N) is 2. The molecule has 0 aliphatic carbocycles. The normalized spacial score (nSPS) is 25.1. The number of sulfone groups is 1. The molecule has 0 saturated carbocycles. The van der Waals surface area contributed by atoms with Gasteiger partial charge in [-0.1, -0.05) is 0 Å². The number of piperidine rings is 1. The minimum Gasteiger partial charge on any atom is -0.355 e. The van der Waals surface area contributed by atoms with Gasteiger partial charge in [0.1, 0.15) is 9.84 Å². The van der Waals surface area contributed by atoms with Crippen molar-refractivity contribution in [1.82, 2.24) is 15.5 Å². The Kier molecular flexibility index (Phi) is 6.01. The highest BCUT2D eigenvalue weighted by atomic mass is 32.2. The van der Waals surface area contributed by atoms with Gasteiger partial charge in [-0.3, -0.25) is 9.69 Å². The first-order chi connectivity index (χ1) is 9.97. The summed E-state index contributed by atoms with van der Waals surface area (Å²) in [6, 6.07) is 0.492. The Balaban J connectivity index is 1.77. The van der Waals surface area contributed by atoms with Gasteiger partial charge in [0, 0.05) is 18.8 Å². The van der Waals surface area contributed by atoms with E-state index in [0.29, 0.717) is 19.0 Å². The quantitative estimate of drug-likeness (QED) is 0.661. The van der Waals surface area contributed by atoms with E-state index in [4.69, 9.17) is 0 Å². The van der Waals surface area contributed by atoms with Gasteiger partial charge in [-0.2, -0.15) is 0 Å². The van der Waals surface area contributed by atoms with E-state index >= 15 is 0 Å². The molecule has 1 amide bonds. The highest BCUT2D eigenvalue weighted by Gasteiger charge is 2.35. The van der Waals surface area contributed by atoms with Crippen LogP contribution in [-0.4, -0.2) is 69.5 Å². The zero-order valence-corrected chi connectivity index (χ0v) is 13.6. The molecule has 2 saturated heterocycles. The first-order valence-corrected chi connectivity index (χ1v) is 9.95. The van der Waals surface area contributed by atoms with Crippen LogP contribution in [-0.2, 0) is 14.6 Å². The topological polar surface area (TPSA) is 78.5 Å². The standard InChI is InChI=1S/C14H27N3O3S/c1-21(19,20)11-3-7-16-14(18)13-4-2-10-17(13)12-5-8-15-9-6-12/h12-13,15H,2-11H2,1H3,(H,16,18). The summed E-state index contributed by atoms with van der Waals surface area (Å²) in [6.07, 6.45) is 5.93. The third-order valence-electron chi connectivity index (χ3n) is 4.37. The fourth-order valence-electron chi connectivity index (χ4n) is 3.31. The van der Waals surface area contributed by atoms with E-state index < -0.39 is 9.84 Å². The molecule has 122 valence electrons. The maximum atomic E-state index is 12.3. The molecule has 1 unspecified atom stereocenters.